The summed E-state index contributed by atoms with van der Waals surface area (Å²) in [4.78, 5) is 29.7. The van der Waals surface area contributed by atoms with E-state index in [9.17, 15) is 9.59 Å². The van der Waals surface area contributed by atoms with Gasteiger partial charge in [-0.3, -0.25) is 9.59 Å². The van der Waals surface area contributed by atoms with Crippen molar-refractivity contribution in [2.45, 2.75) is 13.0 Å². The van der Waals surface area contributed by atoms with Gasteiger partial charge in [0.05, 0.1) is 30.3 Å². The van der Waals surface area contributed by atoms with E-state index in [2.05, 4.69) is 15.4 Å². The van der Waals surface area contributed by atoms with Gasteiger partial charge in [0.25, 0.3) is 5.56 Å². The van der Waals surface area contributed by atoms with Gasteiger partial charge in [0.15, 0.2) is 11.5 Å². The topological polar surface area (TPSA) is 99.8 Å². The number of hydrogen-bond acceptors (Lipinski definition) is 6. The number of methoxy groups -OCH3 is 1. The second kappa shape index (κ2) is 9.30. The predicted octanol–water partition coefficient (Wildman–Crippen LogP) is 3.35. The van der Waals surface area contributed by atoms with Crippen molar-refractivity contribution >= 4 is 28.0 Å². The molecule has 3 aromatic heterocycles. The molecule has 0 saturated carbocycles. The lowest BCUT2D eigenvalue weighted by Crippen LogP contribution is -2.24. The highest BCUT2D eigenvalue weighted by Gasteiger charge is 2.14. The van der Waals surface area contributed by atoms with E-state index in [1.807, 2.05) is 41.1 Å². The third kappa shape index (κ3) is 4.56. The first-order chi connectivity index (χ1) is 17.0. The van der Waals surface area contributed by atoms with E-state index in [-0.39, 0.29) is 24.5 Å². The number of carbonyl (C=O) groups is 1. The summed E-state index contributed by atoms with van der Waals surface area (Å²) in [6, 6.07) is 18.1. The number of anilines is 1. The quantitative estimate of drug-likeness (QED) is 0.392. The van der Waals surface area contributed by atoms with Gasteiger partial charge in [-0.15, -0.1) is 0 Å². The van der Waals surface area contributed by atoms with Gasteiger partial charge in [-0.05, 0) is 30.3 Å². The molecular formula is C26H23N5O4. The zero-order valence-electron chi connectivity index (χ0n) is 19.3. The molecule has 0 atom stereocenters. The minimum atomic E-state index is -0.266. The first-order valence-corrected chi connectivity index (χ1v) is 11.0. The van der Waals surface area contributed by atoms with Crippen molar-refractivity contribution < 1.29 is 14.3 Å². The molecule has 176 valence electrons. The highest BCUT2D eigenvalue weighted by molar-refractivity contribution is 5.95. The molecule has 3 heterocycles. The van der Waals surface area contributed by atoms with E-state index in [0.717, 1.165) is 11.3 Å². The minimum absolute atomic E-state index is 0.0120. The largest absolute Gasteiger partial charge is 0.493 e. The van der Waals surface area contributed by atoms with Crippen LogP contribution in [0, 0.1) is 0 Å². The van der Waals surface area contributed by atoms with Crippen LogP contribution in [0.3, 0.4) is 0 Å². The van der Waals surface area contributed by atoms with Crippen LogP contribution < -0.4 is 20.3 Å². The maximum Gasteiger partial charge on any atom is 0.274 e. The van der Waals surface area contributed by atoms with Crippen molar-refractivity contribution in [1.82, 2.24) is 19.2 Å². The molecule has 35 heavy (non-hydrogen) atoms. The fourth-order valence-electron chi connectivity index (χ4n) is 3.94. The Kier molecular flexibility index (Phi) is 5.88. The molecule has 1 amide bonds. The maximum absolute atomic E-state index is 12.8. The van der Waals surface area contributed by atoms with Crippen LogP contribution in [0.25, 0.3) is 16.4 Å². The fraction of sp³-hybridized carbons (Fsp3) is 0.154. The van der Waals surface area contributed by atoms with Crippen molar-refractivity contribution in [2.75, 3.05) is 12.4 Å². The zero-order chi connectivity index (χ0) is 24.4. The molecule has 0 radical (unpaired) electrons. The Balaban J connectivity index is 1.33. The van der Waals surface area contributed by atoms with Crippen LogP contribution in [-0.2, 0) is 24.9 Å². The summed E-state index contributed by atoms with van der Waals surface area (Å²) < 4.78 is 14.6. The first-order valence-electron chi connectivity index (χ1n) is 11.0. The molecule has 5 rings (SSSR count). The number of fused-ring (bicyclic) bond motifs is 2. The first kappa shape index (κ1) is 22.1. The average Bonchev–Trinajstić information content (AvgIpc) is 3.29. The molecule has 0 fully saturated rings. The lowest BCUT2D eigenvalue weighted by molar-refractivity contribution is -0.115. The van der Waals surface area contributed by atoms with E-state index in [4.69, 9.17) is 9.47 Å². The number of hydrogen-bond donors (Lipinski definition) is 1. The second-order valence-electron chi connectivity index (χ2n) is 8.00. The fourth-order valence-corrected chi connectivity index (χ4v) is 3.94. The molecule has 9 heteroatoms. The second-order valence-corrected chi connectivity index (χ2v) is 8.00. The van der Waals surface area contributed by atoms with Gasteiger partial charge in [-0.25, -0.2) is 9.67 Å². The number of benzene rings is 2. The Morgan fingerprint density at radius 2 is 1.83 bits per heavy atom. The van der Waals surface area contributed by atoms with Crippen LogP contribution >= 0.6 is 0 Å². The normalized spacial score (nSPS) is 11.0. The summed E-state index contributed by atoms with van der Waals surface area (Å²) in [7, 11) is 3.13. The van der Waals surface area contributed by atoms with Gasteiger partial charge in [-0.2, -0.15) is 5.10 Å². The number of rotatable bonds is 7. The molecule has 0 spiro atoms. The van der Waals surface area contributed by atoms with Crippen molar-refractivity contribution in [2.24, 2.45) is 7.05 Å². The standard InChI is InChI=1S/C26H23N5O4/c1-30-26(33)20-8-4-3-7-19(20)21(29-30)14-25(32)28-17-10-11-22(34-2)23(13-17)35-16-18-15-31-12-6-5-9-24(31)27-18/h3-13,15H,14,16H2,1-2H3,(H,28,32). The Morgan fingerprint density at radius 1 is 1.03 bits per heavy atom. The number of nitrogens with one attached hydrogen (secondary N) is 1. The molecule has 0 saturated heterocycles. The van der Waals surface area contributed by atoms with Gasteiger partial charge >= 0.3 is 0 Å². The number of carbonyl (C=O) groups excluding carboxylic acids is 1. The van der Waals surface area contributed by atoms with Crippen LogP contribution in [0.15, 0.2) is 77.9 Å². The Labute approximate surface area is 200 Å². The summed E-state index contributed by atoms with van der Waals surface area (Å²) in [6.07, 6.45) is 3.83. The highest BCUT2D eigenvalue weighted by atomic mass is 16.5. The Hall–Kier alpha value is -4.66. The van der Waals surface area contributed by atoms with E-state index >= 15 is 0 Å². The summed E-state index contributed by atoms with van der Waals surface area (Å²) in [6.45, 7) is 0.239. The average molecular weight is 470 g/mol. The minimum Gasteiger partial charge on any atom is -0.493 e. The van der Waals surface area contributed by atoms with Crippen molar-refractivity contribution in [3.8, 4) is 11.5 Å². The third-order valence-electron chi connectivity index (χ3n) is 5.60. The number of pyridine rings is 1. The van der Waals surface area contributed by atoms with Crippen LogP contribution in [0.2, 0.25) is 0 Å². The molecule has 0 aliphatic rings. The lowest BCUT2D eigenvalue weighted by Gasteiger charge is -2.13. The number of nitrogens with zero attached hydrogens (tertiary/aromatic N) is 4. The molecule has 0 bridgehead atoms. The molecular weight excluding hydrogens is 446 g/mol. The van der Waals surface area contributed by atoms with E-state index in [1.54, 1.807) is 50.6 Å². The highest BCUT2D eigenvalue weighted by Crippen LogP contribution is 2.31. The monoisotopic (exact) mass is 469 g/mol. The van der Waals surface area contributed by atoms with Crippen LogP contribution in [0.5, 0.6) is 11.5 Å². The summed E-state index contributed by atoms with van der Waals surface area (Å²) in [5, 5.41) is 8.37. The van der Waals surface area contributed by atoms with Crippen LogP contribution in [0.1, 0.15) is 11.4 Å². The van der Waals surface area contributed by atoms with E-state index in [1.165, 1.54) is 4.68 Å². The molecule has 9 nitrogen and oxygen atoms in total. The zero-order valence-corrected chi connectivity index (χ0v) is 19.3. The number of aromatic nitrogens is 4. The SMILES string of the molecule is COc1ccc(NC(=O)Cc2nn(C)c(=O)c3ccccc23)cc1OCc1cn2ccccc2n1. The van der Waals surface area contributed by atoms with Crippen LogP contribution in [-0.4, -0.2) is 32.2 Å². The number of amides is 1. The molecule has 0 aliphatic heterocycles. The van der Waals surface area contributed by atoms with Gasteiger partial charge < -0.3 is 19.2 Å². The van der Waals surface area contributed by atoms with Gasteiger partial charge in [0.2, 0.25) is 5.91 Å². The van der Waals surface area contributed by atoms with E-state index in [0.29, 0.717) is 33.7 Å². The number of imidazole rings is 1. The van der Waals surface area contributed by atoms with Crippen molar-refractivity contribution in [1.29, 1.82) is 0 Å². The van der Waals surface area contributed by atoms with Gasteiger partial charge in [-0.1, -0.05) is 24.3 Å². The lowest BCUT2D eigenvalue weighted by atomic mass is 10.1. The van der Waals surface area contributed by atoms with Crippen molar-refractivity contribution in [3.05, 3.63) is 94.8 Å². The third-order valence-corrected chi connectivity index (χ3v) is 5.60. The van der Waals surface area contributed by atoms with Crippen LogP contribution in [0.4, 0.5) is 5.69 Å². The Bertz CT molecular complexity index is 1570. The molecule has 0 unspecified atom stereocenters. The smallest absolute Gasteiger partial charge is 0.274 e. The van der Waals surface area contributed by atoms with Gasteiger partial charge in [0, 0.05) is 36.6 Å². The molecule has 0 aliphatic carbocycles. The summed E-state index contributed by atoms with van der Waals surface area (Å²) in [5.41, 5.74) is 2.47. The van der Waals surface area contributed by atoms with E-state index < -0.39 is 0 Å². The molecule has 2 aromatic carbocycles. The molecule has 5 aromatic rings. The summed E-state index contributed by atoms with van der Waals surface area (Å²) >= 11 is 0. The number of aryl methyl sites for hydroxylation is 1. The summed E-state index contributed by atoms with van der Waals surface area (Å²) in [5.74, 6) is 0.753. The van der Waals surface area contributed by atoms with Crippen molar-refractivity contribution in [3.63, 3.8) is 0 Å². The number of ether oxygens (including phenoxy) is 2. The predicted molar refractivity (Wildman–Crippen MR) is 132 cm³/mol. The Morgan fingerprint density at radius 3 is 2.63 bits per heavy atom. The maximum atomic E-state index is 12.8. The van der Waals surface area contributed by atoms with Gasteiger partial charge in [0.1, 0.15) is 12.3 Å². The molecule has 1 N–H and O–H groups in total.